The van der Waals surface area contributed by atoms with Crippen LogP contribution < -0.4 is 14.9 Å². The average Bonchev–Trinajstić information content (AvgIpc) is 2.82. The predicted molar refractivity (Wildman–Crippen MR) is 132 cm³/mol. The van der Waals surface area contributed by atoms with E-state index in [-0.39, 0.29) is 0 Å². The van der Waals surface area contributed by atoms with Gasteiger partial charge in [-0.1, -0.05) is 66.2 Å². The molecule has 0 bridgehead atoms. The molecule has 0 fully saturated rings. The number of benzene rings is 4. The van der Waals surface area contributed by atoms with Crippen molar-refractivity contribution >= 4 is 28.6 Å². The second-order valence-corrected chi connectivity index (χ2v) is 7.72. The van der Waals surface area contributed by atoms with E-state index in [1.54, 1.807) is 6.21 Å². The van der Waals surface area contributed by atoms with Crippen molar-refractivity contribution in [3.05, 3.63) is 107 Å². The summed E-state index contributed by atoms with van der Waals surface area (Å²) >= 11 is 5.92. The third-order valence-electron chi connectivity index (χ3n) is 5.03. The van der Waals surface area contributed by atoms with Crippen molar-refractivity contribution in [2.75, 3.05) is 6.61 Å². The molecule has 1 N–H and O–H groups in total. The molecular formula is C27H25ClN2O2. The van der Waals surface area contributed by atoms with Gasteiger partial charge in [0.2, 0.25) is 0 Å². The Bertz CT molecular complexity index is 1200. The molecule has 0 unspecified atom stereocenters. The lowest BCUT2D eigenvalue weighted by Gasteiger charge is -2.13. The van der Waals surface area contributed by atoms with Crippen LogP contribution in [0.2, 0.25) is 5.02 Å². The van der Waals surface area contributed by atoms with Crippen molar-refractivity contribution in [3.8, 4) is 11.5 Å². The van der Waals surface area contributed by atoms with Crippen LogP contribution in [0.1, 0.15) is 23.6 Å². The first-order chi connectivity index (χ1) is 15.7. The van der Waals surface area contributed by atoms with Gasteiger partial charge in [0, 0.05) is 5.02 Å². The highest BCUT2D eigenvalue weighted by Crippen LogP contribution is 2.30. The Morgan fingerprint density at radius 2 is 1.69 bits per heavy atom. The normalized spacial score (nSPS) is 11.1. The van der Waals surface area contributed by atoms with Gasteiger partial charge in [-0.25, -0.2) is 0 Å². The Labute approximate surface area is 193 Å². The van der Waals surface area contributed by atoms with Gasteiger partial charge in [-0.3, -0.25) is 0 Å². The molecule has 0 aliphatic rings. The lowest BCUT2D eigenvalue weighted by Crippen LogP contribution is -2.05. The molecule has 4 rings (SSSR count). The second kappa shape index (κ2) is 10.7. The van der Waals surface area contributed by atoms with Crippen LogP contribution in [0.25, 0.3) is 10.8 Å². The van der Waals surface area contributed by atoms with Crippen LogP contribution in [-0.4, -0.2) is 12.8 Å². The molecule has 0 heterocycles. The molecule has 0 aromatic heterocycles. The maximum absolute atomic E-state index is 6.14. The van der Waals surface area contributed by atoms with E-state index in [0.717, 1.165) is 21.7 Å². The largest absolute Gasteiger partial charge is 0.490 e. The van der Waals surface area contributed by atoms with Gasteiger partial charge in [-0.15, -0.1) is 0 Å². The van der Waals surface area contributed by atoms with E-state index in [1.165, 1.54) is 10.8 Å². The Balaban J connectivity index is 1.42. The minimum atomic E-state index is 0.470. The fraction of sp³-hybridized carbons (Fsp3) is 0.148. The molecule has 0 saturated heterocycles. The van der Waals surface area contributed by atoms with Crippen LogP contribution in [0, 0.1) is 0 Å². The Hall–Kier alpha value is -3.50. The lowest BCUT2D eigenvalue weighted by atomic mass is 10.1. The molecule has 32 heavy (non-hydrogen) atoms. The van der Waals surface area contributed by atoms with Crippen molar-refractivity contribution in [3.63, 3.8) is 0 Å². The predicted octanol–water partition coefficient (Wildman–Crippen LogP) is 6.59. The first-order valence-corrected chi connectivity index (χ1v) is 11.0. The maximum Gasteiger partial charge on any atom is 0.161 e. The third-order valence-corrected chi connectivity index (χ3v) is 5.28. The highest BCUT2D eigenvalue weighted by molar-refractivity contribution is 6.30. The SMILES string of the molecule is CCOc1cc(/C=N\NCc2ccc(Cl)cc2)ccc1OCc1cccc2ccccc12. The van der Waals surface area contributed by atoms with E-state index >= 15 is 0 Å². The first kappa shape index (κ1) is 21.7. The standard InChI is InChI=1S/C27H25ClN2O2/c1-2-31-27-16-21(18-30-29-17-20-10-13-24(28)14-11-20)12-15-26(27)32-19-23-8-5-7-22-6-3-4-9-25(22)23/h3-16,18,29H,2,17,19H2,1H3/b30-18-. The summed E-state index contributed by atoms with van der Waals surface area (Å²) in [6.45, 7) is 3.61. The Morgan fingerprint density at radius 3 is 2.53 bits per heavy atom. The lowest BCUT2D eigenvalue weighted by molar-refractivity contribution is 0.270. The van der Waals surface area contributed by atoms with Gasteiger partial charge in [0.1, 0.15) is 6.61 Å². The molecule has 0 atom stereocenters. The minimum Gasteiger partial charge on any atom is -0.490 e. The van der Waals surface area contributed by atoms with Gasteiger partial charge < -0.3 is 14.9 Å². The van der Waals surface area contributed by atoms with Crippen LogP contribution in [-0.2, 0) is 13.2 Å². The van der Waals surface area contributed by atoms with Crippen LogP contribution in [0.15, 0.2) is 90.0 Å². The van der Waals surface area contributed by atoms with Gasteiger partial charge in [0.15, 0.2) is 11.5 Å². The second-order valence-electron chi connectivity index (χ2n) is 7.29. The van der Waals surface area contributed by atoms with Crippen molar-refractivity contribution < 1.29 is 9.47 Å². The summed E-state index contributed by atoms with van der Waals surface area (Å²) in [5.41, 5.74) is 6.23. The van der Waals surface area contributed by atoms with Crippen LogP contribution >= 0.6 is 11.6 Å². The van der Waals surface area contributed by atoms with Crippen molar-refractivity contribution in [2.24, 2.45) is 5.10 Å². The number of nitrogens with one attached hydrogen (secondary N) is 1. The van der Waals surface area contributed by atoms with E-state index in [4.69, 9.17) is 21.1 Å². The fourth-order valence-electron chi connectivity index (χ4n) is 3.43. The highest BCUT2D eigenvalue weighted by Gasteiger charge is 2.08. The van der Waals surface area contributed by atoms with E-state index in [2.05, 4.69) is 40.9 Å². The molecule has 4 aromatic rings. The summed E-state index contributed by atoms with van der Waals surface area (Å²) in [5.74, 6) is 1.42. The number of fused-ring (bicyclic) bond motifs is 1. The fourth-order valence-corrected chi connectivity index (χ4v) is 3.55. The average molecular weight is 445 g/mol. The molecule has 4 nitrogen and oxygen atoms in total. The molecule has 0 saturated carbocycles. The van der Waals surface area contributed by atoms with Crippen LogP contribution in [0.3, 0.4) is 0 Å². The van der Waals surface area contributed by atoms with E-state index in [9.17, 15) is 0 Å². The molecule has 4 aromatic carbocycles. The summed E-state index contributed by atoms with van der Waals surface area (Å²) in [6, 6.07) is 28.1. The smallest absolute Gasteiger partial charge is 0.161 e. The van der Waals surface area contributed by atoms with Gasteiger partial charge in [0.05, 0.1) is 19.4 Å². The van der Waals surface area contributed by atoms with E-state index in [0.29, 0.717) is 31.3 Å². The summed E-state index contributed by atoms with van der Waals surface area (Å²) in [6.07, 6.45) is 1.77. The Morgan fingerprint density at radius 1 is 0.875 bits per heavy atom. The summed E-state index contributed by atoms with van der Waals surface area (Å²) in [5, 5.41) is 7.44. The van der Waals surface area contributed by atoms with E-state index < -0.39 is 0 Å². The topological polar surface area (TPSA) is 42.8 Å². The zero-order chi connectivity index (χ0) is 22.2. The summed E-state index contributed by atoms with van der Waals surface area (Å²) in [4.78, 5) is 0. The van der Waals surface area contributed by atoms with Crippen LogP contribution in [0.5, 0.6) is 11.5 Å². The summed E-state index contributed by atoms with van der Waals surface area (Å²) in [7, 11) is 0. The number of halogens is 1. The highest BCUT2D eigenvalue weighted by atomic mass is 35.5. The van der Waals surface area contributed by atoms with E-state index in [1.807, 2.05) is 61.5 Å². The monoisotopic (exact) mass is 444 g/mol. The zero-order valence-corrected chi connectivity index (χ0v) is 18.7. The maximum atomic E-state index is 6.14. The molecule has 0 aliphatic carbocycles. The van der Waals surface area contributed by atoms with Gasteiger partial charge >= 0.3 is 0 Å². The third kappa shape index (κ3) is 5.59. The van der Waals surface area contributed by atoms with Crippen LogP contribution in [0.4, 0.5) is 0 Å². The molecular weight excluding hydrogens is 420 g/mol. The number of nitrogens with zero attached hydrogens (tertiary/aromatic N) is 1. The Kier molecular flexibility index (Phi) is 7.26. The number of hydrazone groups is 1. The van der Waals surface area contributed by atoms with Crippen molar-refractivity contribution in [1.29, 1.82) is 0 Å². The number of hydrogen-bond donors (Lipinski definition) is 1. The molecule has 162 valence electrons. The molecule has 0 aliphatic heterocycles. The number of hydrogen-bond acceptors (Lipinski definition) is 4. The zero-order valence-electron chi connectivity index (χ0n) is 17.9. The van der Waals surface area contributed by atoms with Crippen molar-refractivity contribution in [2.45, 2.75) is 20.1 Å². The van der Waals surface area contributed by atoms with Gasteiger partial charge in [0.25, 0.3) is 0 Å². The molecule has 0 spiro atoms. The number of rotatable bonds is 9. The minimum absolute atomic E-state index is 0.470. The van der Waals surface area contributed by atoms with Gasteiger partial charge in [-0.05, 0) is 64.7 Å². The molecule has 0 amide bonds. The van der Waals surface area contributed by atoms with Gasteiger partial charge in [-0.2, -0.15) is 5.10 Å². The first-order valence-electron chi connectivity index (χ1n) is 10.6. The molecule has 5 heteroatoms. The molecule has 0 radical (unpaired) electrons. The van der Waals surface area contributed by atoms with Crippen molar-refractivity contribution in [1.82, 2.24) is 5.43 Å². The summed E-state index contributed by atoms with van der Waals surface area (Å²) < 4.78 is 12.0. The number of ether oxygens (including phenoxy) is 2. The quantitative estimate of drug-likeness (QED) is 0.234.